The van der Waals surface area contributed by atoms with E-state index in [4.69, 9.17) is 11.6 Å². The van der Waals surface area contributed by atoms with Crippen molar-refractivity contribution in [3.05, 3.63) is 106 Å². The molecule has 1 saturated heterocycles. The van der Waals surface area contributed by atoms with Crippen molar-refractivity contribution >= 4 is 34.0 Å². The monoisotopic (exact) mass is 461 g/mol. The number of hydrogen-bond acceptors (Lipinski definition) is 3. The highest BCUT2D eigenvalue weighted by atomic mass is 35.5. The average Bonchev–Trinajstić information content (AvgIpc) is 2.85. The van der Waals surface area contributed by atoms with E-state index in [9.17, 15) is 14.0 Å². The second-order valence-corrected chi connectivity index (χ2v) is 8.43. The summed E-state index contributed by atoms with van der Waals surface area (Å²) in [7, 11) is 0. The number of benzene rings is 3. The van der Waals surface area contributed by atoms with Gasteiger partial charge in [0.05, 0.1) is 5.56 Å². The largest absolute Gasteiger partial charge is 0.368 e. The lowest BCUT2D eigenvalue weighted by Crippen LogP contribution is -2.49. The van der Waals surface area contributed by atoms with Crippen molar-refractivity contribution in [2.75, 3.05) is 31.1 Å². The molecule has 33 heavy (non-hydrogen) atoms. The second-order valence-electron chi connectivity index (χ2n) is 8.00. The van der Waals surface area contributed by atoms with Gasteiger partial charge >= 0.3 is 0 Å². The van der Waals surface area contributed by atoms with Crippen LogP contribution in [0.15, 0.2) is 83.8 Å². The molecular weight excluding hydrogens is 441 g/mol. The number of aromatic nitrogens is 1. The Kier molecular flexibility index (Phi) is 5.60. The van der Waals surface area contributed by atoms with Crippen LogP contribution >= 0.6 is 11.6 Å². The summed E-state index contributed by atoms with van der Waals surface area (Å²) in [4.78, 5) is 30.7. The molecule has 1 aliphatic rings. The number of nitrogens with zero attached hydrogens (tertiary/aromatic N) is 3. The molecule has 0 N–H and O–H groups in total. The predicted molar refractivity (Wildman–Crippen MR) is 129 cm³/mol. The molecule has 3 aromatic carbocycles. The van der Waals surface area contributed by atoms with E-state index in [0.717, 1.165) is 5.69 Å². The topological polar surface area (TPSA) is 45.6 Å². The Bertz CT molecular complexity index is 1380. The molecule has 2 heterocycles. The van der Waals surface area contributed by atoms with Gasteiger partial charge in [-0.15, -0.1) is 0 Å². The Hall–Kier alpha value is -3.64. The second kappa shape index (κ2) is 8.71. The van der Waals surface area contributed by atoms with E-state index in [1.807, 2.05) is 12.1 Å². The van der Waals surface area contributed by atoms with E-state index in [0.29, 0.717) is 53.2 Å². The first-order valence-electron chi connectivity index (χ1n) is 10.7. The van der Waals surface area contributed by atoms with Crippen LogP contribution in [-0.4, -0.2) is 41.6 Å². The summed E-state index contributed by atoms with van der Waals surface area (Å²) < 4.78 is 14.7. The molecule has 5 rings (SSSR count). The minimum absolute atomic E-state index is 0.118. The SMILES string of the molecule is O=C(c1cn(-c2ccc(Cl)cc2)c(=O)c2ccccc12)N1CCN(c2ccc(F)cc2)CC1. The zero-order chi connectivity index (χ0) is 22.9. The Balaban J connectivity index is 1.47. The Morgan fingerprint density at radius 1 is 0.788 bits per heavy atom. The van der Waals surface area contributed by atoms with E-state index in [-0.39, 0.29) is 17.3 Å². The molecule has 166 valence electrons. The molecular formula is C26H21ClFN3O2. The maximum atomic E-state index is 13.6. The van der Waals surface area contributed by atoms with E-state index in [1.165, 1.54) is 16.7 Å². The molecule has 0 atom stereocenters. The smallest absolute Gasteiger partial charge is 0.262 e. The van der Waals surface area contributed by atoms with Crippen LogP contribution in [0.5, 0.6) is 0 Å². The molecule has 4 aromatic rings. The van der Waals surface area contributed by atoms with Crippen LogP contribution in [0.3, 0.4) is 0 Å². The van der Waals surface area contributed by atoms with Crippen LogP contribution in [0.2, 0.25) is 5.02 Å². The van der Waals surface area contributed by atoms with Gasteiger partial charge in [0.25, 0.3) is 11.5 Å². The number of amides is 1. The minimum Gasteiger partial charge on any atom is -0.368 e. The number of piperazine rings is 1. The fourth-order valence-electron chi connectivity index (χ4n) is 4.25. The fourth-order valence-corrected chi connectivity index (χ4v) is 4.37. The van der Waals surface area contributed by atoms with E-state index in [2.05, 4.69) is 4.90 Å². The zero-order valence-electron chi connectivity index (χ0n) is 17.7. The molecule has 0 bridgehead atoms. The maximum Gasteiger partial charge on any atom is 0.262 e. The standard InChI is InChI=1S/C26H21ClFN3O2/c27-18-5-9-21(10-6-18)31-17-24(22-3-1-2-4-23(22)26(31)33)25(32)30-15-13-29(14-16-30)20-11-7-19(28)8-12-20/h1-12,17H,13-16H2. The third-order valence-electron chi connectivity index (χ3n) is 6.02. The van der Waals surface area contributed by atoms with E-state index >= 15 is 0 Å². The van der Waals surface area contributed by atoms with Crippen molar-refractivity contribution < 1.29 is 9.18 Å². The Morgan fingerprint density at radius 3 is 2.06 bits per heavy atom. The van der Waals surface area contributed by atoms with Gasteiger partial charge in [-0.1, -0.05) is 29.8 Å². The average molecular weight is 462 g/mol. The third kappa shape index (κ3) is 4.10. The molecule has 0 radical (unpaired) electrons. The lowest BCUT2D eigenvalue weighted by molar-refractivity contribution is 0.0748. The van der Waals surface area contributed by atoms with Crippen molar-refractivity contribution in [2.45, 2.75) is 0 Å². The molecule has 1 amide bonds. The summed E-state index contributed by atoms with van der Waals surface area (Å²) in [5.41, 5.74) is 1.87. The van der Waals surface area contributed by atoms with Crippen LogP contribution in [-0.2, 0) is 0 Å². The molecule has 1 fully saturated rings. The fraction of sp³-hybridized carbons (Fsp3) is 0.154. The number of carbonyl (C=O) groups is 1. The van der Waals surface area contributed by atoms with E-state index < -0.39 is 0 Å². The van der Waals surface area contributed by atoms with Crippen LogP contribution in [0.25, 0.3) is 16.5 Å². The lowest BCUT2D eigenvalue weighted by atomic mass is 10.1. The minimum atomic E-state index is -0.268. The zero-order valence-corrected chi connectivity index (χ0v) is 18.5. The van der Waals surface area contributed by atoms with Crippen LogP contribution in [0.4, 0.5) is 10.1 Å². The summed E-state index contributed by atoms with van der Waals surface area (Å²) in [6.07, 6.45) is 1.63. The molecule has 7 heteroatoms. The Morgan fingerprint density at radius 2 is 1.39 bits per heavy atom. The van der Waals surface area contributed by atoms with E-state index in [1.54, 1.807) is 59.6 Å². The van der Waals surface area contributed by atoms with Gasteiger partial charge in [-0.3, -0.25) is 14.2 Å². The quantitative estimate of drug-likeness (QED) is 0.442. The summed E-state index contributed by atoms with van der Waals surface area (Å²) in [6.45, 7) is 2.35. The van der Waals surface area contributed by atoms with Gasteiger partial charge in [-0.05, 0) is 54.6 Å². The number of anilines is 1. The lowest BCUT2D eigenvalue weighted by Gasteiger charge is -2.36. The molecule has 1 aromatic heterocycles. The molecule has 1 aliphatic heterocycles. The molecule has 0 spiro atoms. The third-order valence-corrected chi connectivity index (χ3v) is 6.27. The number of carbonyl (C=O) groups excluding carboxylic acids is 1. The summed E-state index contributed by atoms with van der Waals surface area (Å²) in [5, 5.41) is 1.70. The van der Waals surface area contributed by atoms with Gasteiger partial charge in [-0.25, -0.2) is 4.39 Å². The predicted octanol–water partition coefficient (Wildman–Crippen LogP) is 4.75. The summed E-state index contributed by atoms with van der Waals surface area (Å²) in [5.74, 6) is -0.386. The van der Waals surface area contributed by atoms with Crippen molar-refractivity contribution in [1.29, 1.82) is 0 Å². The van der Waals surface area contributed by atoms with Crippen molar-refractivity contribution in [1.82, 2.24) is 9.47 Å². The molecule has 0 unspecified atom stereocenters. The Labute approximate surface area is 195 Å². The van der Waals surface area contributed by atoms with Gasteiger partial charge in [0.2, 0.25) is 0 Å². The summed E-state index contributed by atoms with van der Waals surface area (Å²) >= 11 is 6.01. The van der Waals surface area contributed by atoms with Gasteiger partial charge in [0.1, 0.15) is 5.82 Å². The highest BCUT2D eigenvalue weighted by molar-refractivity contribution is 6.30. The molecule has 0 aliphatic carbocycles. The number of halogens is 2. The number of pyridine rings is 1. The highest BCUT2D eigenvalue weighted by Crippen LogP contribution is 2.22. The van der Waals surface area contributed by atoms with Crippen molar-refractivity contribution in [2.24, 2.45) is 0 Å². The maximum absolute atomic E-state index is 13.6. The normalized spacial score (nSPS) is 14.0. The van der Waals surface area contributed by atoms with Crippen molar-refractivity contribution in [3.8, 4) is 5.69 Å². The number of fused-ring (bicyclic) bond motifs is 1. The van der Waals surface area contributed by atoms with Gasteiger partial charge in [-0.2, -0.15) is 0 Å². The first-order chi connectivity index (χ1) is 16.0. The summed E-state index contributed by atoms with van der Waals surface area (Å²) in [6, 6.07) is 20.5. The molecule has 0 saturated carbocycles. The van der Waals surface area contributed by atoms with Gasteiger partial charge < -0.3 is 9.80 Å². The number of rotatable bonds is 3. The van der Waals surface area contributed by atoms with Crippen molar-refractivity contribution in [3.63, 3.8) is 0 Å². The van der Waals surface area contributed by atoms with Crippen LogP contribution in [0, 0.1) is 5.82 Å². The van der Waals surface area contributed by atoms with Crippen LogP contribution in [0.1, 0.15) is 10.4 Å². The molecule has 5 nitrogen and oxygen atoms in total. The first-order valence-corrected chi connectivity index (χ1v) is 11.1. The number of hydrogen-bond donors (Lipinski definition) is 0. The van der Waals surface area contributed by atoms with Gasteiger partial charge in [0.15, 0.2) is 0 Å². The highest BCUT2D eigenvalue weighted by Gasteiger charge is 2.25. The first kappa shape index (κ1) is 21.2. The van der Waals surface area contributed by atoms with Crippen LogP contribution < -0.4 is 10.5 Å². The van der Waals surface area contributed by atoms with Gasteiger partial charge in [0, 0.05) is 59.5 Å².